The molecule has 1 aromatic rings. The van der Waals surface area contributed by atoms with Crippen LogP contribution in [0.2, 0.25) is 0 Å². The molecular weight excluding hydrogens is 564 g/mol. The van der Waals surface area contributed by atoms with Crippen LogP contribution < -0.4 is 4.74 Å². The summed E-state index contributed by atoms with van der Waals surface area (Å²) >= 11 is 0. The van der Waals surface area contributed by atoms with Crippen LogP contribution in [0.15, 0.2) is 64.5 Å². The van der Waals surface area contributed by atoms with E-state index in [4.69, 9.17) is 9.47 Å². The number of fused-ring (bicyclic) bond motifs is 1. The minimum Gasteiger partial charge on any atom is -0.504 e. The molecule has 1 aliphatic heterocycles. The molecule has 1 heterocycles. The molecule has 244 valence electrons. The highest BCUT2D eigenvalue weighted by Gasteiger charge is 2.74. The van der Waals surface area contributed by atoms with Gasteiger partial charge >= 0.3 is 0 Å². The Balaban J connectivity index is 2.10. The monoisotopic (exact) mass is 616 g/mol. The Morgan fingerprint density at radius 2 is 1.47 bits per heavy atom. The summed E-state index contributed by atoms with van der Waals surface area (Å²) in [7, 11) is 1.41. The van der Waals surface area contributed by atoms with Crippen LogP contribution in [-0.4, -0.2) is 35.2 Å². The van der Waals surface area contributed by atoms with Gasteiger partial charge in [0.15, 0.2) is 28.8 Å². The van der Waals surface area contributed by atoms with E-state index in [9.17, 15) is 9.90 Å². The Morgan fingerprint density at radius 1 is 0.911 bits per heavy atom. The van der Waals surface area contributed by atoms with Gasteiger partial charge in [-0.3, -0.25) is 14.4 Å². The summed E-state index contributed by atoms with van der Waals surface area (Å²) in [5, 5.41) is 10.3. The van der Waals surface area contributed by atoms with E-state index in [1.165, 1.54) is 36.5 Å². The lowest BCUT2D eigenvalue weighted by Gasteiger charge is -2.64. The van der Waals surface area contributed by atoms with Gasteiger partial charge in [-0.15, -0.1) is 0 Å². The van der Waals surface area contributed by atoms with Crippen molar-refractivity contribution in [3.05, 3.63) is 70.0 Å². The van der Waals surface area contributed by atoms with E-state index in [-0.39, 0.29) is 52.4 Å². The Morgan fingerprint density at radius 3 is 2.02 bits per heavy atom. The van der Waals surface area contributed by atoms with Crippen LogP contribution in [0.5, 0.6) is 11.5 Å². The summed E-state index contributed by atoms with van der Waals surface area (Å²) in [6, 6.07) is 4.34. The van der Waals surface area contributed by atoms with Crippen LogP contribution in [0.1, 0.15) is 112 Å². The largest absolute Gasteiger partial charge is 0.504 e. The molecule has 1 spiro atoms. The molecule has 6 nitrogen and oxygen atoms in total. The van der Waals surface area contributed by atoms with Crippen LogP contribution in [0.3, 0.4) is 0 Å². The van der Waals surface area contributed by atoms with E-state index in [1.54, 1.807) is 0 Å². The number of hydrogen-bond acceptors (Lipinski definition) is 6. The number of carbonyl (C=O) groups is 3. The van der Waals surface area contributed by atoms with E-state index in [1.807, 2.05) is 47.6 Å². The molecule has 4 atom stereocenters. The predicted octanol–water partition coefficient (Wildman–Crippen LogP) is 8.89. The maximum Gasteiger partial charge on any atom is 0.200 e. The van der Waals surface area contributed by atoms with Crippen LogP contribution >= 0.6 is 0 Å². The van der Waals surface area contributed by atoms with Gasteiger partial charge in [-0.1, -0.05) is 48.8 Å². The number of Topliss-reactive ketones (excluding diaryl/α,β-unsaturated/α-hetero) is 3. The summed E-state index contributed by atoms with van der Waals surface area (Å²) in [5.74, 6) is -0.831. The van der Waals surface area contributed by atoms with Gasteiger partial charge in [0.25, 0.3) is 0 Å². The minimum atomic E-state index is -1.45. The second kappa shape index (κ2) is 12.1. The number of carbonyl (C=O) groups excluding carboxylic acids is 3. The van der Waals surface area contributed by atoms with Gasteiger partial charge in [0.1, 0.15) is 22.3 Å². The molecule has 0 unspecified atom stereocenters. The average molecular weight is 617 g/mol. The topological polar surface area (TPSA) is 89.9 Å². The molecule has 1 aromatic carbocycles. The molecule has 6 heteroatoms. The number of ether oxygens (including phenoxy) is 2. The zero-order chi connectivity index (χ0) is 33.7. The normalized spacial score (nSPS) is 28.0. The highest BCUT2D eigenvalue weighted by atomic mass is 16.5. The molecule has 0 amide bonds. The molecule has 2 fully saturated rings. The smallest absolute Gasteiger partial charge is 0.200 e. The van der Waals surface area contributed by atoms with Gasteiger partial charge in [-0.05, 0) is 117 Å². The van der Waals surface area contributed by atoms with Gasteiger partial charge in [0.05, 0.1) is 12.5 Å². The fourth-order valence-corrected chi connectivity index (χ4v) is 7.87. The van der Waals surface area contributed by atoms with E-state index < -0.39 is 33.4 Å². The lowest BCUT2D eigenvalue weighted by molar-refractivity contribution is -0.188. The van der Waals surface area contributed by atoms with Crippen molar-refractivity contribution in [2.45, 2.75) is 107 Å². The molecule has 2 aliphatic carbocycles. The van der Waals surface area contributed by atoms with Crippen LogP contribution in [0.25, 0.3) is 0 Å². The summed E-state index contributed by atoms with van der Waals surface area (Å²) in [6.45, 7) is 20.3. The minimum absolute atomic E-state index is 0.00561. The Kier molecular flexibility index (Phi) is 9.25. The first-order valence-electron chi connectivity index (χ1n) is 16.2. The molecule has 2 bridgehead atoms. The maximum atomic E-state index is 15.4. The number of allylic oxidation sites excluding steroid dienone is 8. The average Bonchev–Trinajstić information content (AvgIpc) is 2.94. The lowest BCUT2D eigenvalue weighted by Crippen LogP contribution is -2.69. The highest BCUT2D eigenvalue weighted by molar-refractivity contribution is 6.35. The van der Waals surface area contributed by atoms with Crippen LogP contribution in [-0.2, 0) is 14.3 Å². The van der Waals surface area contributed by atoms with E-state index in [0.29, 0.717) is 12.8 Å². The molecular formula is C39H52O6. The van der Waals surface area contributed by atoms with Gasteiger partial charge in [0.2, 0.25) is 0 Å². The number of rotatable bonds is 9. The van der Waals surface area contributed by atoms with Crippen molar-refractivity contribution in [2.24, 2.45) is 28.1 Å². The van der Waals surface area contributed by atoms with E-state index >= 15 is 9.59 Å². The van der Waals surface area contributed by atoms with E-state index in [2.05, 4.69) is 39.8 Å². The highest BCUT2D eigenvalue weighted by Crippen LogP contribution is 2.69. The second-order valence-corrected chi connectivity index (χ2v) is 15.3. The van der Waals surface area contributed by atoms with Crippen molar-refractivity contribution in [3.8, 4) is 11.5 Å². The molecule has 1 N–H and O–H groups in total. The standard InChI is InChI=1S/C39H52O6/c1-23(2)12-15-27-21-38-22-28(16-13-24(3)4)37(9,10)45-34(38)31(32(41)26-14-17-29(40)30(20-26)44-11)33(42)39(35(38)43,36(27,7)8)19-18-25(5)6/h12-14,17-18,20,27-28,40H,15-16,19,21-22H2,1-11H3/t27-,28+,38+,39+/m1/s1. The van der Waals surface area contributed by atoms with Crippen molar-refractivity contribution in [2.75, 3.05) is 7.11 Å². The Hall–Kier alpha value is -3.41. The fourth-order valence-electron chi connectivity index (χ4n) is 7.87. The van der Waals surface area contributed by atoms with Crippen molar-refractivity contribution in [1.82, 2.24) is 0 Å². The maximum absolute atomic E-state index is 15.4. The first-order valence-corrected chi connectivity index (χ1v) is 16.2. The van der Waals surface area contributed by atoms with E-state index in [0.717, 1.165) is 18.4 Å². The number of ketones is 3. The first kappa shape index (κ1) is 34.5. The second-order valence-electron chi connectivity index (χ2n) is 15.3. The zero-order valence-corrected chi connectivity index (χ0v) is 29.1. The fraction of sp³-hybridized carbons (Fsp3) is 0.564. The number of hydrogen-bond donors (Lipinski definition) is 1. The van der Waals surface area contributed by atoms with Gasteiger partial charge in [-0.2, -0.15) is 0 Å². The molecule has 0 radical (unpaired) electrons. The summed E-state index contributed by atoms with van der Waals surface area (Å²) in [6.07, 6.45) is 9.06. The number of methoxy groups -OCH3 is 1. The third-order valence-corrected chi connectivity index (χ3v) is 10.9. The van der Waals surface area contributed by atoms with Crippen molar-refractivity contribution >= 4 is 17.3 Å². The quantitative estimate of drug-likeness (QED) is 0.129. The Labute approximate surface area is 269 Å². The first-order chi connectivity index (χ1) is 20.9. The summed E-state index contributed by atoms with van der Waals surface area (Å²) < 4.78 is 12.2. The third-order valence-electron chi connectivity index (χ3n) is 10.9. The van der Waals surface area contributed by atoms with Crippen molar-refractivity contribution in [3.63, 3.8) is 0 Å². The molecule has 45 heavy (non-hydrogen) atoms. The van der Waals surface area contributed by atoms with Gasteiger partial charge in [0, 0.05) is 11.5 Å². The number of phenols is 1. The lowest BCUT2D eigenvalue weighted by atomic mass is 9.39. The molecule has 1 saturated carbocycles. The summed E-state index contributed by atoms with van der Waals surface area (Å²) in [4.78, 5) is 45.3. The van der Waals surface area contributed by atoms with Gasteiger partial charge in [-0.25, -0.2) is 0 Å². The molecule has 1 saturated heterocycles. The van der Waals surface area contributed by atoms with Crippen LogP contribution in [0.4, 0.5) is 0 Å². The molecule has 0 aromatic heterocycles. The summed E-state index contributed by atoms with van der Waals surface area (Å²) in [5.41, 5.74) is -0.509. The Bertz CT molecular complexity index is 1520. The third kappa shape index (κ3) is 5.63. The van der Waals surface area contributed by atoms with Gasteiger partial charge < -0.3 is 14.6 Å². The van der Waals surface area contributed by atoms with Crippen LogP contribution in [0, 0.1) is 28.1 Å². The molecule has 4 rings (SSSR count). The number of aromatic hydroxyl groups is 1. The number of benzene rings is 1. The predicted molar refractivity (Wildman–Crippen MR) is 178 cm³/mol. The van der Waals surface area contributed by atoms with Crippen molar-refractivity contribution < 1.29 is 29.0 Å². The zero-order valence-electron chi connectivity index (χ0n) is 29.1. The number of phenolic OH excluding ortho intramolecular Hbond substituents is 1. The molecule has 3 aliphatic rings. The van der Waals surface area contributed by atoms with Crippen molar-refractivity contribution in [1.29, 1.82) is 0 Å². The SMILES string of the molecule is COc1cc(C(=O)C2=C3OC(C)(C)[C@@H](CC=C(C)C)C[C@@]34C[C@@H](CC=C(C)C)C(C)(C)[C@@](CC=C(C)C)(C2=O)C4=O)ccc1O.